The van der Waals surface area contributed by atoms with Crippen molar-refractivity contribution in [3.8, 4) is 11.5 Å². The van der Waals surface area contributed by atoms with Gasteiger partial charge in [0, 0.05) is 28.6 Å². The highest BCUT2D eigenvalue weighted by atomic mass is 79.9. The van der Waals surface area contributed by atoms with E-state index in [-0.39, 0.29) is 18.9 Å². The molecule has 1 heterocycles. The molecule has 0 aromatic heterocycles. The van der Waals surface area contributed by atoms with Gasteiger partial charge >= 0.3 is 0 Å². The van der Waals surface area contributed by atoms with Gasteiger partial charge in [0.05, 0.1) is 6.61 Å². The Hall–Kier alpha value is -1.59. The van der Waals surface area contributed by atoms with E-state index in [4.69, 9.17) is 15.2 Å². The third-order valence-electron chi connectivity index (χ3n) is 3.47. The largest absolute Gasteiger partial charge is 0.493 e. The van der Waals surface area contributed by atoms with Gasteiger partial charge in [-0.05, 0) is 23.8 Å². The molecule has 2 aromatic rings. The molecule has 0 amide bonds. The van der Waals surface area contributed by atoms with Crippen molar-refractivity contribution in [2.45, 2.75) is 19.6 Å². The Labute approximate surface area is 131 Å². The molecule has 0 fully saturated rings. The minimum absolute atomic E-state index is 0.215. The van der Waals surface area contributed by atoms with Crippen LogP contribution in [-0.2, 0) is 19.6 Å². The van der Waals surface area contributed by atoms with E-state index in [2.05, 4.69) is 15.9 Å². The third kappa shape index (κ3) is 2.89. The van der Waals surface area contributed by atoms with Gasteiger partial charge in [0.1, 0.15) is 12.4 Å². The molecule has 0 unspecified atom stereocenters. The second-order valence-corrected chi connectivity index (χ2v) is 5.79. The highest BCUT2D eigenvalue weighted by Gasteiger charge is 2.18. The van der Waals surface area contributed by atoms with E-state index in [0.29, 0.717) is 12.2 Å². The number of ether oxygens (including phenoxy) is 2. The molecular weight excluding hydrogens is 337 g/mol. The molecule has 21 heavy (non-hydrogen) atoms. The van der Waals surface area contributed by atoms with E-state index in [9.17, 15) is 4.39 Å². The Kier molecular flexibility index (Phi) is 4.12. The number of hydrogen-bond donors (Lipinski definition) is 1. The van der Waals surface area contributed by atoms with Crippen molar-refractivity contribution in [3.05, 3.63) is 57.3 Å². The number of fused-ring (bicyclic) bond motifs is 1. The lowest BCUT2D eigenvalue weighted by Gasteiger charge is -2.13. The van der Waals surface area contributed by atoms with Crippen LogP contribution in [0.2, 0.25) is 0 Å². The van der Waals surface area contributed by atoms with Gasteiger partial charge in [0.25, 0.3) is 0 Å². The normalized spacial score (nSPS) is 12.9. The van der Waals surface area contributed by atoms with Gasteiger partial charge in [-0.3, -0.25) is 0 Å². The van der Waals surface area contributed by atoms with Crippen LogP contribution in [0.15, 0.2) is 34.8 Å². The number of para-hydroxylation sites is 1. The van der Waals surface area contributed by atoms with Crippen molar-refractivity contribution in [2.24, 2.45) is 5.73 Å². The lowest BCUT2D eigenvalue weighted by atomic mass is 10.1. The number of nitrogens with two attached hydrogens (primary N) is 1. The first-order valence-electron chi connectivity index (χ1n) is 6.73. The molecule has 0 radical (unpaired) electrons. The van der Waals surface area contributed by atoms with Crippen LogP contribution < -0.4 is 15.2 Å². The van der Waals surface area contributed by atoms with Crippen molar-refractivity contribution in [1.82, 2.24) is 0 Å². The Balaban J connectivity index is 1.86. The minimum Gasteiger partial charge on any atom is -0.493 e. The Morgan fingerprint density at radius 1 is 1.29 bits per heavy atom. The SMILES string of the molecule is NCc1cccc(F)c1OCc1cc(Br)cc2c1OCC2. The summed E-state index contributed by atoms with van der Waals surface area (Å²) in [6.07, 6.45) is 0.884. The van der Waals surface area contributed by atoms with E-state index >= 15 is 0 Å². The summed E-state index contributed by atoms with van der Waals surface area (Å²) >= 11 is 3.48. The topological polar surface area (TPSA) is 44.5 Å². The smallest absolute Gasteiger partial charge is 0.165 e. The van der Waals surface area contributed by atoms with Crippen molar-refractivity contribution in [1.29, 1.82) is 0 Å². The summed E-state index contributed by atoms with van der Waals surface area (Å²) in [6, 6.07) is 8.74. The Morgan fingerprint density at radius 3 is 2.95 bits per heavy atom. The lowest BCUT2D eigenvalue weighted by Crippen LogP contribution is -2.05. The molecule has 1 aliphatic heterocycles. The summed E-state index contributed by atoms with van der Waals surface area (Å²) in [7, 11) is 0. The zero-order valence-corrected chi connectivity index (χ0v) is 13.0. The molecule has 3 rings (SSSR count). The van der Waals surface area contributed by atoms with Gasteiger partial charge in [-0.2, -0.15) is 0 Å². The molecule has 0 saturated heterocycles. The van der Waals surface area contributed by atoms with E-state index in [0.717, 1.165) is 27.8 Å². The summed E-state index contributed by atoms with van der Waals surface area (Å²) in [6.45, 7) is 1.16. The first-order valence-corrected chi connectivity index (χ1v) is 7.52. The van der Waals surface area contributed by atoms with Gasteiger partial charge in [0.15, 0.2) is 11.6 Å². The van der Waals surface area contributed by atoms with Crippen molar-refractivity contribution >= 4 is 15.9 Å². The monoisotopic (exact) mass is 351 g/mol. The number of rotatable bonds is 4. The van der Waals surface area contributed by atoms with Crippen LogP contribution in [0.3, 0.4) is 0 Å². The molecule has 110 valence electrons. The fourth-order valence-electron chi connectivity index (χ4n) is 2.48. The Bertz CT molecular complexity index is 676. The van der Waals surface area contributed by atoms with Gasteiger partial charge in [0.2, 0.25) is 0 Å². The molecule has 1 aliphatic rings. The van der Waals surface area contributed by atoms with Crippen LogP contribution in [0, 0.1) is 5.82 Å². The zero-order valence-electron chi connectivity index (χ0n) is 11.4. The van der Waals surface area contributed by atoms with Crippen LogP contribution in [0.1, 0.15) is 16.7 Å². The molecule has 5 heteroatoms. The van der Waals surface area contributed by atoms with E-state index in [1.165, 1.54) is 6.07 Å². The number of hydrogen-bond acceptors (Lipinski definition) is 3. The summed E-state index contributed by atoms with van der Waals surface area (Å²) in [4.78, 5) is 0. The molecule has 0 atom stereocenters. The fraction of sp³-hybridized carbons (Fsp3) is 0.250. The van der Waals surface area contributed by atoms with Crippen molar-refractivity contribution in [3.63, 3.8) is 0 Å². The van der Waals surface area contributed by atoms with Crippen molar-refractivity contribution < 1.29 is 13.9 Å². The predicted octanol–water partition coefficient (Wildman–Crippen LogP) is 3.56. The molecule has 3 nitrogen and oxygen atoms in total. The van der Waals surface area contributed by atoms with Crippen LogP contribution in [-0.4, -0.2) is 6.61 Å². The number of halogens is 2. The van der Waals surface area contributed by atoms with Crippen LogP contribution in [0.4, 0.5) is 4.39 Å². The van der Waals surface area contributed by atoms with Crippen molar-refractivity contribution in [2.75, 3.05) is 6.61 Å². The Morgan fingerprint density at radius 2 is 2.14 bits per heavy atom. The fourth-order valence-corrected chi connectivity index (χ4v) is 3.03. The molecule has 0 spiro atoms. The van der Waals surface area contributed by atoms with Gasteiger partial charge in [-0.25, -0.2) is 4.39 Å². The van der Waals surface area contributed by atoms with E-state index < -0.39 is 5.82 Å². The lowest BCUT2D eigenvalue weighted by molar-refractivity contribution is 0.276. The van der Waals surface area contributed by atoms with Gasteiger partial charge in [-0.1, -0.05) is 28.1 Å². The first kappa shape index (κ1) is 14.4. The van der Waals surface area contributed by atoms with Gasteiger partial charge in [-0.15, -0.1) is 0 Å². The highest BCUT2D eigenvalue weighted by molar-refractivity contribution is 9.10. The molecular formula is C16H15BrFNO2. The van der Waals surface area contributed by atoms with Crippen LogP contribution in [0.25, 0.3) is 0 Å². The van der Waals surface area contributed by atoms with Crippen LogP contribution >= 0.6 is 15.9 Å². The average molecular weight is 352 g/mol. The second-order valence-electron chi connectivity index (χ2n) is 4.87. The summed E-state index contributed by atoms with van der Waals surface area (Å²) in [5.41, 5.74) is 8.33. The zero-order chi connectivity index (χ0) is 14.8. The van der Waals surface area contributed by atoms with Gasteiger partial charge < -0.3 is 15.2 Å². The molecule has 0 saturated carbocycles. The summed E-state index contributed by atoms with van der Waals surface area (Å²) < 4.78 is 26.2. The predicted molar refractivity (Wildman–Crippen MR) is 82.0 cm³/mol. The highest BCUT2D eigenvalue weighted by Crippen LogP contribution is 2.34. The summed E-state index contributed by atoms with van der Waals surface area (Å²) in [5.74, 6) is 0.668. The second kappa shape index (κ2) is 6.03. The maximum atomic E-state index is 13.9. The molecule has 0 bridgehead atoms. The molecule has 2 aromatic carbocycles. The average Bonchev–Trinajstić information content (AvgIpc) is 2.93. The first-order chi connectivity index (χ1) is 10.2. The standard InChI is InChI=1S/C16H15BrFNO2/c17-13-6-10-4-5-20-15(10)12(7-13)9-21-16-11(8-19)2-1-3-14(16)18/h1-3,6-7H,4-5,8-9,19H2. The maximum absolute atomic E-state index is 13.9. The quantitative estimate of drug-likeness (QED) is 0.915. The summed E-state index contributed by atoms with van der Waals surface area (Å²) in [5, 5.41) is 0. The van der Waals surface area contributed by atoms with Crippen LogP contribution in [0.5, 0.6) is 11.5 Å². The van der Waals surface area contributed by atoms with E-state index in [1.807, 2.05) is 12.1 Å². The van der Waals surface area contributed by atoms with E-state index in [1.54, 1.807) is 12.1 Å². The number of benzene rings is 2. The molecule has 2 N–H and O–H groups in total. The minimum atomic E-state index is -0.398. The third-order valence-corrected chi connectivity index (χ3v) is 3.92. The maximum Gasteiger partial charge on any atom is 0.165 e. The molecule has 0 aliphatic carbocycles.